The Morgan fingerprint density at radius 1 is 1.44 bits per heavy atom. The zero-order chi connectivity index (χ0) is 12.0. The molecule has 1 amide bonds. The van der Waals surface area contributed by atoms with E-state index in [2.05, 4.69) is 0 Å². The second-order valence-electron chi connectivity index (χ2n) is 3.38. The van der Waals surface area contributed by atoms with Gasteiger partial charge in [0.2, 0.25) is 5.91 Å². The van der Waals surface area contributed by atoms with Gasteiger partial charge in [-0.3, -0.25) is 9.59 Å². The molecule has 16 heavy (non-hydrogen) atoms. The number of amides is 1. The van der Waals surface area contributed by atoms with Gasteiger partial charge < -0.3 is 10.0 Å². The number of thiophene rings is 1. The second-order valence-corrected chi connectivity index (χ2v) is 4.41. The number of hydrogen-bond acceptors (Lipinski definition) is 3. The summed E-state index contributed by atoms with van der Waals surface area (Å²) in [7, 11) is 0. The molecule has 0 unspecified atom stereocenters. The van der Waals surface area contributed by atoms with Crippen molar-refractivity contribution < 1.29 is 14.7 Å². The van der Waals surface area contributed by atoms with E-state index >= 15 is 0 Å². The fourth-order valence-electron chi connectivity index (χ4n) is 1.34. The van der Waals surface area contributed by atoms with Crippen molar-refractivity contribution in [2.75, 3.05) is 6.54 Å². The van der Waals surface area contributed by atoms with Crippen molar-refractivity contribution in [3.63, 3.8) is 0 Å². The van der Waals surface area contributed by atoms with Gasteiger partial charge in [0, 0.05) is 17.8 Å². The van der Waals surface area contributed by atoms with Crippen molar-refractivity contribution in [1.29, 1.82) is 0 Å². The largest absolute Gasteiger partial charge is 0.481 e. The van der Waals surface area contributed by atoms with E-state index in [1.165, 1.54) is 0 Å². The molecule has 1 rings (SSSR count). The Bertz CT molecular complexity index is 348. The van der Waals surface area contributed by atoms with Crippen LogP contribution in [0.25, 0.3) is 0 Å². The Morgan fingerprint density at radius 3 is 2.69 bits per heavy atom. The Kier molecular flexibility index (Phi) is 4.98. The molecule has 4 nitrogen and oxygen atoms in total. The van der Waals surface area contributed by atoms with Crippen molar-refractivity contribution in [1.82, 2.24) is 4.90 Å². The molecule has 0 bridgehead atoms. The van der Waals surface area contributed by atoms with Gasteiger partial charge in [-0.2, -0.15) is 0 Å². The summed E-state index contributed by atoms with van der Waals surface area (Å²) in [6.07, 6.45) is -0.0195. The first-order valence-electron chi connectivity index (χ1n) is 5.15. The lowest BCUT2D eigenvalue weighted by molar-refractivity contribution is -0.141. The van der Waals surface area contributed by atoms with Crippen LogP contribution in [0.5, 0.6) is 0 Å². The van der Waals surface area contributed by atoms with Gasteiger partial charge in [0.25, 0.3) is 0 Å². The SMILES string of the molecule is CCN(Cc1cccs1)C(=O)CCC(=O)O. The first kappa shape index (κ1) is 12.7. The number of carbonyl (C=O) groups is 2. The third-order valence-corrected chi connectivity index (χ3v) is 3.08. The van der Waals surface area contributed by atoms with Crippen LogP contribution in [0, 0.1) is 0 Å². The van der Waals surface area contributed by atoms with Crippen LogP contribution < -0.4 is 0 Å². The Balaban J connectivity index is 2.47. The van der Waals surface area contributed by atoms with Crippen LogP contribution in [0.15, 0.2) is 17.5 Å². The molecule has 0 aromatic carbocycles. The van der Waals surface area contributed by atoms with Gasteiger partial charge in [0.05, 0.1) is 13.0 Å². The topological polar surface area (TPSA) is 57.6 Å². The van der Waals surface area contributed by atoms with Crippen molar-refractivity contribution in [3.05, 3.63) is 22.4 Å². The lowest BCUT2D eigenvalue weighted by Gasteiger charge is -2.19. The van der Waals surface area contributed by atoms with Gasteiger partial charge in [-0.05, 0) is 18.4 Å². The zero-order valence-corrected chi connectivity index (χ0v) is 10.00. The quantitative estimate of drug-likeness (QED) is 0.828. The third kappa shape index (κ3) is 4.02. The molecule has 0 spiro atoms. The highest BCUT2D eigenvalue weighted by Gasteiger charge is 2.13. The smallest absolute Gasteiger partial charge is 0.303 e. The fraction of sp³-hybridized carbons (Fsp3) is 0.455. The molecule has 0 aliphatic carbocycles. The normalized spacial score (nSPS) is 10.1. The van der Waals surface area contributed by atoms with Crippen LogP contribution in [-0.2, 0) is 16.1 Å². The second kappa shape index (κ2) is 6.27. The molecule has 0 radical (unpaired) electrons. The third-order valence-electron chi connectivity index (χ3n) is 2.21. The van der Waals surface area contributed by atoms with Crippen molar-refractivity contribution >= 4 is 23.2 Å². The number of carboxylic acid groups (broad SMARTS) is 1. The molecule has 0 saturated carbocycles. The van der Waals surface area contributed by atoms with Crippen molar-refractivity contribution in [2.24, 2.45) is 0 Å². The van der Waals surface area contributed by atoms with Crippen LogP contribution in [0.1, 0.15) is 24.6 Å². The van der Waals surface area contributed by atoms with Crippen molar-refractivity contribution in [2.45, 2.75) is 26.3 Å². The minimum Gasteiger partial charge on any atom is -0.481 e. The lowest BCUT2D eigenvalue weighted by Crippen LogP contribution is -2.30. The summed E-state index contributed by atoms with van der Waals surface area (Å²) in [6.45, 7) is 3.08. The highest BCUT2D eigenvalue weighted by Crippen LogP contribution is 2.12. The fourth-order valence-corrected chi connectivity index (χ4v) is 2.06. The van der Waals surface area contributed by atoms with Crippen molar-refractivity contribution in [3.8, 4) is 0 Å². The minimum atomic E-state index is -0.930. The van der Waals surface area contributed by atoms with E-state index in [0.29, 0.717) is 13.1 Å². The molecule has 0 atom stereocenters. The number of hydrogen-bond donors (Lipinski definition) is 1. The molecule has 0 aliphatic heterocycles. The molecule has 1 aromatic heterocycles. The van der Waals surface area contributed by atoms with Gasteiger partial charge in [-0.15, -0.1) is 11.3 Å². The summed E-state index contributed by atoms with van der Waals surface area (Å²) in [4.78, 5) is 24.8. The maximum Gasteiger partial charge on any atom is 0.303 e. The summed E-state index contributed by atoms with van der Waals surface area (Å²) in [5.74, 6) is -1.03. The molecule has 0 fully saturated rings. The molecule has 1 N–H and O–H groups in total. The summed E-state index contributed by atoms with van der Waals surface area (Å²) < 4.78 is 0. The van der Waals surface area contributed by atoms with E-state index in [4.69, 9.17) is 5.11 Å². The van der Waals surface area contributed by atoms with Crippen LogP contribution in [-0.4, -0.2) is 28.4 Å². The van der Waals surface area contributed by atoms with Gasteiger partial charge in [-0.25, -0.2) is 0 Å². The monoisotopic (exact) mass is 241 g/mol. The summed E-state index contributed by atoms with van der Waals surface area (Å²) in [6, 6.07) is 3.91. The van der Waals surface area contributed by atoms with E-state index in [1.807, 2.05) is 24.4 Å². The lowest BCUT2D eigenvalue weighted by atomic mass is 10.2. The molecule has 0 saturated heterocycles. The van der Waals surface area contributed by atoms with E-state index < -0.39 is 5.97 Å². The van der Waals surface area contributed by atoms with E-state index in [-0.39, 0.29) is 18.7 Å². The molecule has 1 heterocycles. The average Bonchev–Trinajstić information content (AvgIpc) is 2.75. The highest BCUT2D eigenvalue weighted by atomic mass is 32.1. The molecular formula is C11H15NO3S. The molecule has 1 aromatic rings. The Labute approximate surface area is 98.5 Å². The van der Waals surface area contributed by atoms with Gasteiger partial charge >= 0.3 is 5.97 Å². The van der Waals surface area contributed by atoms with Gasteiger partial charge in [-0.1, -0.05) is 6.07 Å². The molecule has 88 valence electrons. The van der Waals surface area contributed by atoms with E-state index in [0.717, 1.165) is 4.88 Å². The van der Waals surface area contributed by atoms with Crippen LogP contribution in [0.3, 0.4) is 0 Å². The maximum atomic E-state index is 11.7. The standard InChI is InChI=1S/C11H15NO3S/c1-2-12(8-9-4-3-7-16-9)10(13)5-6-11(14)15/h3-4,7H,2,5-6,8H2,1H3,(H,14,15). The summed E-state index contributed by atoms with van der Waals surface area (Å²) in [5.41, 5.74) is 0. The molecular weight excluding hydrogens is 226 g/mol. The maximum absolute atomic E-state index is 11.7. The van der Waals surface area contributed by atoms with E-state index in [9.17, 15) is 9.59 Å². The van der Waals surface area contributed by atoms with Gasteiger partial charge in [0.15, 0.2) is 0 Å². The first-order chi connectivity index (χ1) is 7.63. The summed E-state index contributed by atoms with van der Waals surface area (Å²) >= 11 is 1.60. The summed E-state index contributed by atoms with van der Waals surface area (Å²) in [5, 5.41) is 10.5. The highest BCUT2D eigenvalue weighted by molar-refractivity contribution is 7.09. The average molecular weight is 241 g/mol. The predicted octanol–water partition coefficient (Wildman–Crippen LogP) is 1.96. The van der Waals surface area contributed by atoms with Gasteiger partial charge in [0.1, 0.15) is 0 Å². The molecule has 5 heteroatoms. The number of rotatable bonds is 6. The molecule has 0 aliphatic rings. The number of carbonyl (C=O) groups excluding carboxylic acids is 1. The van der Waals surface area contributed by atoms with Crippen LogP contribution in [0.2, 0.25) is 0 Å². The van der Waals surface area contributed by atoms with Crippen LogP contribution in [0.4, 0.5) is 0 Å². The Hall–Kier alpha value is -1.36. The number of aliphatic carboxylic acids is 1. The predicted molar refractivity (Wildman–Crippen MR) is 62.3 cm³/mol. The minimum absolute atomic E-state index is 0.0779. The first-order valence-corrected chi connectivity index (χ1v) is 6.03. The zero-order valence-electron chi connectivity index (χ0n) is 9.18. The number of nitrogens with zero attached hydrogens (tertiary/aromatic N) is 1. The van der Waals surface area contributed by atoms with Crippen LogP contribution >= 0.6 is 11.3 Å². The van der Waals surface area contributed by atoms with E-state index in [1.54, 1.807) is 16.2 Å². The Morgan fingerprint density at radius 2 is 2.19 bits per heavy atom. The number of carboxylic acids is 1.